The Kier molecular flexibility index (Phi) is 5.26. The van der Waals surface area contributed by atoms with E-state index in [1.165, 1.54) is 11.1 Å². The van der Waals surface area contributed by atoms with Gasteiger partial charge in [-0.3, -0.25) is 4.79 Å². The summed E-state index contributed by atoms with van der Waals surface area (Å²) in [5, 5.41) is 2.94. The molecule has 4 aromatic carbocycles. The summed E-state index contributed by atoms with van der Waals surface area (Å²) < 4.78 is 5.95. The third kappa shape index (κ3) is 4.03. The van der Waals surface area contributed by atoms with E-state index in [2.05, 4.69) is 41.5 Å². The maximum absolute atomic E-state index is 12.6. The molecule has 0 radical (unpaired) electrons. The number of amides is 1. The lowest BCUT2D eigenvalue weighted by atomic mass is 10.0. The summed E-state index contributed by atoms with van der Waals surface area (Å²) in [6, 6.07) is 31.5. The van der Waals surface area contributed by atoms with Crippen molar-refractivity contribution in [2.75, 3.05) is 5.32 Å². The van der Waals surface area contributed by atoms with Crippen molar-refractivity contribution in [3.05, 3.63) is 108 Å². The Morgan fingerprint density at radius 2 is 1.50 bits per heavy atom. The number of hydrogen-bond donors (Lipinski definition) is 1. The van der Waals surface area contributed by atoms with E-state index in [9.17, 15) is 4.79 Å². The fraction of sp³-hybridized carbons (Fsp3) is 0.0714. The van der Waals surface area contributed by atoms with Gasteiger partial charge in [-0.05, 0) is 65.6 Å². The van der Waals surface area contributed by atoms with Crippen LogP contribution in [0.1, 0.15) is 22.8 Å². The standard InChI is InChI=1S/C28H22N2O2/c1-2-19-8-10-22(11-9-19)27(31)29-24-16-17-26-25(18-24)30-28(32-26)23-14-12-21(13-15-23)20-6-4-3-5-7-20/h3-18H,2H2,1H3,(H,29,31). The molecule has 32 heavy (non-hydrogen) atoms. The average Bonchev–Trinajstić information content (AvgIpc) is 3.28. The van der Waals surface area contributed by atoms with Crippen LogP contribution in [0.3, 0.4) is 0 Å². The minimum absolute atomic E-state index is 0.146. The fourth-order valence-electron chi connectivity index (χ4n) is 3.66. The number of aryl methyl sites for hydroxylation is 1. The molecule has 0 saturated carbocycles. The van der Waals surface area contributed by atoms with Crippen LogP contribution in [0.4, 0.5) is 5.69 Å². The summed E-state index contributed by atoms with van der Waals surface area (Å²) in [6.45, 7) is 2.09. The zero-order valence-electron chi connectivity index (χ0n) is 17.7. The second-order valence-corrected chi connectivity index (χ2v) is 7.65. The van der Waals surface area contributed by atoms with Crippen LogP contribution >= 0.6 is 0 Å². The first kappa shape index (κ1) is 19.8. The number of anilines is 1. The molecule has 5 rings (SSSR count). The number of nitrogens with one attached hydrogen (secondary N) is 1. The van der Waals surface area contributed by atoms with Crippen molar-refractivity contribution in [2.45, 2.75) is 13.3 Å². The van der Waals surface area contributed by atoms with Crippen molar-refractivity contribution in [2.24, 2.45) is 0 Å². The Bertz CT molecular complexity index is 1370. The average molecular weight is 418 g/mol. The number of aromatic nitrogens is 1. The molecule has 0 atom stereocenters. The highest BCUT2D eigenvalue weighted by molar-refractivity contribution is 6.05. The highest BCUT2D eigenvalue weighted by atomic mass is 16.3. The van der Waals surface area contributed by atoms with Gasteiger partial charge in [-0.1, -0.05) is 61.5 Å². The highest BCUT2D eigenvalue weighted by Crippen LogP contribution is 2.28. The summed E-state index contributed by atoms with van der Waals surface area (Å²) in [5.74, 6) is 0.408. The molecule has 5 aromatic rings. The lowest BCUT2D eigenvalue weighted by Crippen LogP contribution is -2.11. The topological polar surface area (TPSA) is 55.1 Å². The van der Waals surface area contributed by atoms with E-state index in [1.54, 1.807) is 0 Å². The van der Waals surface area contributed by atoms with Crippen molar-refractivity contribution < 1.29 is 9.21 Å². The van der Waals surface area contributed by atoms with E-state index in [-0.39, 0.29) is 5.91 Å². The molecule has 1 amide bonds. The number of rotatable bonds is 5. The second-order valence-electron chi connectivity index (χ2n) is 7.65. The van der Waals surface area contributed by atoms with Gasteiger partial charge in [0.1, 0.15) is 5.52 Å². The summed E-state index contributed by atoms with van der Waals surface area (Å²) in [4.78, 5) is 17.2. The van der Waals surface area contributed by atoms with E-state index in [1.807, 2.05) is 72.8 Å². The first-order valence-electron chi connectivity index (χ1n) is 10.7. The zero-order valence-corrected chi connectivity index (χ0v) is 17.7. The van der Waals surface area contributed by atoms with Crippen molar-refractivity contribution in [1.29, 1.82) is 0 Å². The first-order chi connectivity index (χ1) is 15.7. The number of nitrogens with zero attached hydrogens (tertiary/aromatic N) is 1. The van der Waals surface area contributed by atoms with Crippen molar-refractivity contribution in [3.8, 4) is 22.6 Å². The van der Waals surface area contributed by atoms with Gasteiger partial charge in [-0.25, -0.2) is 4.98 Å². The predicted octanol–water partition coefficient (Wildman–Crippen LogP) is 6.98. The van der Waals surface area contributed by atoms with E-state index in [0.29, 0.717) is 28.2 Å². The SMILES string of the molecule is CCc1ccc(C(=O)Nc2ccc3oc(-c4ccc(-c5ccccc5)cc4)nc3c2)cc1. The zero-order chi connectivity index (χ0) is 21.9. The molecule has 0 aliphatic heterocycles. The molecule has 0 spiro atoms. The van der Waals surface area contributed by atoms with Crippen LogP contribution in [-0.2, 0) is 6.42 Å². The number of benzene rings is 4. The Hall–Kier alpha value is -4.18. The first-order valence-corrected chi connectivity index (χ1v) is 10.7. The Morgan fingerprint density at radius 1 is 0.812 bits per heavy atom. The Labute approximate surface area is 186 Å². The Balaban J connectivity index is 1.36. The van der Waals surface area contributed by atoms with Gasteiger partial charge in [0.25, 0.3) is 5.91 Å². The minimum Gasteiger partial charge on any atom is -0.436 e. The molecule has 0 aliphatic rings. The lowest BCUT2D eigenvalue weighted by molar-refractivity contribution is 0.102. The monoisotopic (exact) mass is 418 g/mol. The molecule has 0 saturated heterocycles. The summed E-state index contributed by atoms with van der Waals surface area (Å²) >= 11 is 0. The largest absolute Gasteiger partial charge is 0.436 e. The predicted molar refractivity (Wildman–Crippen MR) is 129 cm³/mol. The van der Waals surface area contributed by atoms with Gasteiger partial charge >= 0.3 is 0 Å². The molecule has 0 aliphatic carbocycles. The van der Waals surface area contributed by atoms with Crippen LogP contribution in [0, 0.1) is 0 Å². The van der Waals surface area contributed by atoms with Crippen LogP contribution in [0.5, 0.6) is 0 Å². The van der Waals surface area contributed by atoms with Gasteiger partial charge in [-0.15, -0.1) is 0 Å². The van der Waals surface area contributed by atoms with Crippen LogP contribution in [-0.4, -0.2) is 10.9 Å². The maximum Gasteiger partial charge on any atom is 0.255 e. The fourth-order valence-corrected chi connectivity index (χ4v) is 3.66. The van der Waals surface area contributed by atoms with Crippen LogP contribution in [0.2, 0.25) is 0 Å². The normalized spacial score (nSPS) is 10.9. The van der Waals surface area contributed by atoms with Crippen LogP contribution in [0.25, 0.3) is 33.7 Å². The van der Waals surface area contributed by atoms with Crippen LogP contribution < -0.4 is 5.32 Å². The van der Waals surface area contributed by atoms with Gasteiger partial charge in [0, 0.05) is 16.8 Å². The molecule has 0 unspecified atom stereocenters. The summed E-state index contributed by atoms with van der Waals surface area (Å²) in [5.41, 5.74) is 7.10. The van der Waals surface area contributed by atoms with E-state index in [4.69, 9.17) is 4.42 Å². The highest BCUT2D eigenvalue weighted by Gasteiger charge is 2.11. The molecule has 1 heterocycles. The molecule has 1 N–H and O–H groups in total. The summed E-state index contributed by atoms with van der Waals surface area (Å²) in [6.07, 6.45) is 0.946. The van der Waals surface area contributed by atoms with E-state index >= 15 is 0 Å². The van der Waals surface area contributed by atoms with Crippen LogP contribution in [0.15, 0.2) is 101 Å². The Morgan fingerprint density at radius 3 is 2.22 bits per heavy atom. The lowest BCUT2D eigenvalue weighted by Gasteiger charge is -2.05. The van der Waals surface area contributed by atoms with Crippen molar-refractivity contribution >= 4 is 22.7 Å². The van der Waals surface area contributed by atoms with Gasteiger partial charge in [0.15, 0.2) is 5.58 Å². The molecular weight excluding hydrogens is 396 g/mol. The molecule has 4 heteroatoms. The number of carbonyl (C=O) groups is 1. The van der Waals surface area contributed by atoms with Gasteiger partial charge in [0.05, 0.1) is 0 Å². The van der Waals surface area contributed by atoms with Gasteiger partial charge in [0.2, 0.25) is 5.89 Å². The molecule has 156 valence electrons. The molecule has 1 aromatic heterocycles. The van der Waals surface area contributed by atoms with Crippen molar-refractivity contribution in [3.63, 3.8) is 0 Å². The quantitative estimate of drug-likeness (QED) is 0.335. The summed E-state index contributed by atoms with van der Waals surface area (Å²) in [7, 11) is 0. The van der Waals surface area contributed by atoms with Crippen molar-refractivity contribution in [1.82, 2.24) is 4.98 Å². The maximum atomic E-state index is 12.6. The molecule has 0 fully saturated rings. The third-order valence-electron chi connectivity index (χ3n) is 5.51. The molecular formula is C28H22N2O2. The number of fused-ring (bicyclic) bond motifs is 1. The minimum atomic E-state index is -0.146. The van der Waals surface area contributed by atoms with E-state index < -0.39 is 0 Å². The molecule has 0 bridgehead atoms. The second kappa shape index (κ2) is 8.52. The van der Waals surface area contributed by atoms with Gasteiger partial charge in [-0.2, -0.15) is 0 Å². The van der Waals surface area contributed by atoms with E-state index in [0.717, 1.165) is 17.5 Å². The third-order valence-corrected chi connectivity index (χ3v) is 5.51. The van der Waals surface area contributed by atoms with Gasteiger partial charge < -0.3 is 9.73 Å². The number of carbonyl (C=O) groups excluding carboxylic acids is 1. The number of hydrogen-bond acceptors (Lipinski definition) is 3. The smallest absolute Gasteiger partial charge is 0.255 e. The molecule has 4 nitrogen and oxygen atoms in total. The number of oxazole rings is 1.